The molecule has 0 bridgehead atoms. The lowest BCUT2D eigenvalue weighted by molar-refractivity contribution is 2.30. The van der Waals surface area contributed by atoms with Crippen LogP contribution in [-0.4, -0.2) is 0 Å². The van der Waals surface area contributed by atoms with E-state index < -0.39 is 0 Å². The summed E-state index contributed by atoms with van der Waals surface area (Å²) in [5.74, 6) is 24.4. The molecule has 0 N–H and O–H groups in total. The van der Waals surface area contributed by atoms with E-state index in [1.54, 1.807) is 0 Å². The Morgan fingerprint density at radius 2 is 0.667 bits per heavy atom. The van der Waals surface area contributed by atoms with E-state index in [0.717, 1.165) is 0 Å². The Kier molecular flexibility index (Phi) is 6.79. The van der Waals surface area contributed by atoms with Gasteiger partial charge >= 0.3 is 0 Å². The first-order valence-corrected chi connectivity index (χ1v) is 2.96. The molecule has 0 aliphatic carbocycles. The minimum atomic E-state index is 2.37. The zero-order chi connectivity index (χ0) is 9.07. The molecule has 54 valence electrons. The highest BCUT2D eigenvalue weighted by molar-refractivity contribution is 5.42. The second kappa shape index (κ2) is 8.54. The maximum atomic E-state index is 3.28. The maximum absolute atomic E-state index is 3.28. The molecule has 0 radical (unpaired) electrons. The molecular formula is C12H4-2. The van der Waals surface area contributed by atoms with E-state index in [4.69, 9.17) is 0 Å². The monoisotopic (exact) mass is 148 g/mol. The highest BCUT2D eigenvalue weighted by Gasteiger charge is 1.48. The van der Waals surface area contributed by atoms with Gasteiger partial charge in [-0.2, -0.15) is 13.8 Å². The lowest BCUT2D eigenvalue weighted by atomic mass is 10.5. The molecule has 0 aromatic carbocycles. The minimum Gasteiger partial charge on any atom is -0.284 e. The van der Waals surface area contributed by atoms with Crippen LogP contribution in [0.1, 0.15) is 0 Å². The Morgan fingerprint density at radius 3 is 0.917 bits per heavy atom. The Labute approximate surface area is 73.7 Å². The molecule has 0 saturated heterocycles. The Morgan fingerprint density at radius 1 is 0.417 bits per heavy atom. The van der Waals surface area contributed by atoms with Gasteiger partial charge in [0.15, 0.2) is 0 Å². The zero-order valence-electron chi connectivity index (χ0n) is 6.41. The zero-order valence-corrected chi connectivity index (χ0v) is 6.41. The molecule has 0 saturated carbocycles. The Hall–Kier alpha value is -2.46. The van der Waals surface area contributed by atoms with Crippen molar-refractivity contribution in [3.63, 3.8) is 0 Å². The van der Waals surface area contributed by atoms with Crippen molar-refractivity contribution in [3.05, 3.63) is 13.8 Å². The molecule has 0 heteroatoms. The Balaban J connectivity index is 4.07. The molecule has 12 heavy (non-hydrogen) atoms. The van der Waals surface area contributed by atoms with Crippen LogP contribution >= 0.6 is 0 Å². The predicted octanol–water partition coefficient (Wildman–Crippen LogP) is 0.672. The van der Waals surface area contributed by atoms with Crippen molar-refractivity contribution in [2.24, 2.45) is 0 Å². The molecule has 0 aliphatic rings. The standard InChI is InChI=1S/C12H4/c1-3-5-7-9-11-12-10-8-6-4-2/h1-2H2/q-2. The van der Waals surface area contributed by atoms with Gasteiger partial charge in [0.2, 0.25) is 0 Å². The lowest BCUT2D eigenvalue weighted by Gasteiger charge is -1.66. The van der Waals surface area contributed by atoms with Crippen molar-refractivity contribution in [2.75, 3.05) is 0 Å². The van der Waals surface area contributed by atoms with Gasteiger partial charge in [-0.05, 0) is 23.7 Å². The van der Waals surface area contributed by atoms with Gasteiger partial charge < -0.3 is 0 Å². The van der Waals surface area contributed by atoms with Gasteiger partial charge in [0.05, 0.1) is 0 Å². The fourth-order valence-corrected chi connectivity index (χ4v) is 0.276. The van der Waals surface area contributed by atoms with Crippen molar-refractivity contribution in [1.29, 1.82) is 0 Å². The molecule has 0 heterocycles. The predicted molar refractivity (Wildman–Crippen MR) is 49.6 cm³/mol. The minimum absolute atomic E-state index is 2.37. The van der Waals surface area contributed by atoms with Crippen LogP contribution in [0.15, 0.2) is 0 Å². The molecule has 0 aromatic rings. The van der Waals surface area contributed by atoms with E-state index >= 15 is 0 Å². The molecule has 0 aliphatic heterocycles. The molecule has 0 spiro atoms. The summed E-state index contributed by atoms with van der Waals surface area (Å²) in [7, 11) is 0. The third-order valence-electron chi connectivity index (χ3n) is 0.614. The topological polar surface area (TPSA) is 0 Å². The van der Waals surface area contributed by atoms with Crippen molar-refractivity contribution in [2.45, 2.75) is 0 Å². The van der Waals surface area contributed by atoms with Gasteiger partial charge in [0, 0.05) is 0 Å². The number of hydrogen-bond donors (Lipinski definition) is 0. The van der Waals surface area contributed by atoms with Gasteiger partial charge in [0.25, 0.3) is 0 Å². The summed E-state index contributed by atoms with van der Waals surface area (Å²) in [5, 5.41) is 0. The van der Waals surface area contributed by atoms with Gasteiger partial charge in [-0.1, -0.05) is 0 Å². The van der Waals surface area contributed by atoms with Gasteiger partial charge in [0.1, 0.15) is 0 Å². The fourth-order valence-electron chi connectivity index (χ4n) is 0.276. The van der Waals surface area contributed by atoms with Crippen LogP contribution in [0.4, 0.5) is 0 Å². The van der Waals surface area contributed by atoms with Gasteiger partial charge in [-0.3, -0.25) is 11.8 Å². The summed E-state index contributed by atoms with van der Waals surface area (Å²) in [5.41, 5.74) is 0. The average molecular weight is 148 g/mol. The van der Waals surface area contributed by atoms with Crippen LogP contribution in [0, 0.1) is 73.1 Å². The van der Waals surface area contributed by atoms with Crippen molar-refractivity contribution in [3.8, 4) is 59.2 Å². The van der Waals surface area contributed by atoms with E-state index in [1.807, 2.05) is 0 Å². The summed E-state index contributed by atoms with van der Waals surface area (Å²) in [4.78, 5) is 0. The highest BCUT2D eigenvalue weighted by atomic mass is 13.6. The molecule has 0 rings (SSSR count). The second-order valence-electron chi connectivity index (χ2n) is 1.35. The first kappa shape index (κ1) is 9.54. The van der Waals surface area contributed by atoms with Gasteiger partial charge in [-0.25, -0.2) is 11.8 Å². The first-order chi connectivity index (χ1) is 5.91. The van der Waals surface area contributed by atoms with E-state index in [-0.39, 0.29) is 0 Å². The van der Waals surface area contributed by atoms with Crippen LogP contribution in [0.5, 0.6) is 0 Å². The SMILES string of the molecule is [CH2-]C#CC#CC#CC#CC#C[CH2-]. The summed E-state index contributed by atoms with van der Waals surface area (Å²) in [6.07, 6.45) is 0. The third-order valence-corrected chi connectivity index (χ3v) is 0.614. The van der Waals surface area contributed by atoms with Crippen molar-refractivity contribution in [1.82, 2.24) is 0 Å². The molecule has 0 nitrogen and oxygen atoms in total. The van der Waals surface area contributed by atoms with Crippen molar-refractivity contribution < 1.29 is 0 Å². The molecule has 0 amide bonds. The molecular weight excluding hydrogens is 144 g/mol. The van der Waals surface area contributed by atoms with Crippen molar-refractivity contribution >= 4 is 0 Å². The highest BCUT2D eigenvalue weighted by Crippen LogP contribution is 1.55. The largest absolute Gasteiger partial charge is 0.284 e. The van der Waals surface area contributed by atoms with Crippen LogP contribution in [-0.2, 0) is 0 Å². The smallest absolute Gasteiger partial charge is 0.00177 e. The molecule has 0 fully saturated rings. The quantitative estimate of drug-likeness (QED) is 0.350. The normalized spacial score (nSPS) is 3.67. The van der Waals surface area contributed by atoms with Crippen LogP contribution < -0.4 is 0 Å². The summed E-state index contributed by atoms with van der Waals surface area (Å²) >= 11 is 0. The summed E-state index contributed by atoms with van der Waals surface area (Å²) < 4.78 is 0. The van der Waals surface area contributed by atoms with Crippen LogP contribution in [0.3, 0.4) is 0 Å². The average Bonchev–Trinajstić information content (AvgIpc) is 2.10. The van der Waals surface area contributed by atoms with E-state index in [0.29, 0.717) is 0 Å². The lowest BCUT2D eigenvalue weighted by Crippen LogP contribution is -1.53. The summed E-state index contributed by atoms with van der Waals surface area (Å²) in [6, 6.07) is 0. The molecule has 0 aromatic heterocycles. The molecule has 0 atom stereocenters. The number of hydrogen-bond acceptors (Lipinski definition) is 0. The van der Waals surface area contributed by atoms with E-state index in [9.17, 15) is 0 Å². The maximum Gasteiger partial charge on any atom is -0.00177 e. The van der Waals surface area contributed by atoms with E-state index in [2.05, 4.69) is 73.1 Å². The molecule has 0 unspecified atom stereocenters. The van der Waals surface area contributed by atoms with Gasteiger partial charge in [-0.15, -0.1) is 11.8 Å². The van der Waals surface area contributed by atoms with Crippen LogP contribution in [0.2, 0.25) is 0 Å². The second-order valence-corrected chi connectivity index (χ2v) is 1.35. The summed E-state index contributed by atoms with van der Waals surface area (Å²) in [6.45, 7) is 6.56. The van der Waals surface area contributed by atoms with Crippen LogP contribution in [0.25, 0.3) is 0 Å². The first-order valence-electron chi connectivity index (χ1n) is 2.96. The third kappa shape index (κ3) is 7.54. The number of rotatable bonds is 0. The fraction of sp³-hybridized carbons (Fsp3) is 0. The Bertz CT molecular complexity index is 381. The van der Waals surface area contributed by atoms with E-state index in [1.165, 1.54) is 0 Å².